The highest BCUT2D eigenvalue weighted by molar-refractivity contribution is 5.80. The Kier molecular flexibility index (Phi) is 7.85. The SMILES string of the molecule is CCNC(=NCCN(C)CC)NC1CCN(c2ccccc2OC)C1. The summed E-state index contributed by atoms with van der Waals surface area (Å²) in [4.78, 5) is 9.36. The highest BCUT2D eigenvalue weighted by Gasteiger charge is 2.25. The van der Waals surface area contributed by atoms with Crippen LogP contribution in [-0.4, -0.2) is 70.3 Å². The van der Waals surface area contributed by atoms with Gasteiger partial charge in [0.25, 0.3) is 0 Å². The van der Waals surface area contributed by atoms with Crippen LogP contribution < -0.4 is 20.3 Å². The second-order valence-corrected chi connectivity index (χ2v) is 6.40. The van der Waals surface area contributed by atoms with Crippen LogP contribution in [0, 0.1) is 0 Å². The van der Waals surface area contributed by atoms with Gasteiger partial charge in [0.15, 0.2) is 5.96 Å². The lowest BCUT2D eigenvalue weighted by Gasteiger charge is -2.22. The van der Waals surface area contributed by atoms with Gasteiger partial charge in [0, 0.05) is 32.2 Å². The number of hydrogen-bond donors (Lipinski definition) is 2. The van der Waals surface area contributed by atoms with Gasteiger partial charge < -0.3 is 25.2 Å². The molecule has 0 aliphatic carbocycles. The average Bonchev–Trinajstić information content (AvgIpc) is 3.10. The van der Waals surface area contributed by atoms with Gasteiger partial charge in [0.05, 0.1) is 19.3 Å². The van der Waals surface area contributed by atoms with Crippen LogP contribution in [-0.2, 0) is 0 Å². The lowest BCUT2D eigenvalue weighted by Crippen LogP contribution is -2.45. The van der Waals surface area contributed by atoms with Crippen LogP contribution >= 0.6 is 0 Å². The molecular weight excluding hydrogens is 314 g/mol. The number of para-hydroxylation sites is 2. The van der Waals surface area contributed by atoms with Crippen LogP contribution in [0.5, 0.6) is 5.75 Å². The first-order chi connectivity index (χ1) is 12.2. The molecule has 0 radical (unpaired) electrons. The number of hydrogen-bond acceptors (Lipinski definition) is 4. The van der Waals surface area contributed by atoms with E-state index in [1.54, 1.807) is 7.11 Å². The molecule has 1 aliphatic rings. The molecule has 1 heterocycles. The number of rotatable bonds is 8. The summed E-state index contributed by atoms with van der Waals surface area (Å²) in [6.07, 6.45) is 1.09. The minimum Gasteiger partial charge on any atom is -0.495 e. The van der Waals surface area contributed by atoms with Gasteiger partial charge in [-0.2, -0.15) is 0 Å². The second-order valence-electron chi connectivity index (χ2n) is 6.40. The molecule has 2 rings (SSSR count). The smallest absolute Gasteiger partial charge is 0.191 e. The molecule has 1 fully saturated rings. The van der Waals surface area contributed by atoms with Crippen molar-refractivity contribution in [3.63, 3.8) is 0 Å². The zero-order chi connectivity index (χ0) is 18.1. The van der Waals surface area contributed by atoms with Crippen LogP contribution in [0.2, 0.25) is 0 Å². The molecule has 1 atom stereocenters. The number of methoxy groups -OCH3 is 1. The van der Waals surface area contributed by atoms with Crippen LogP contribution in [0.4, 0.5) is 5.69 Å². The number of ether oxygens (including phenoxy) is 1. The summed E-state index contributed by atoms with van der Waals surface area (Å²) in [7, 11) is 3.85. The summed E-state index contributed by atoms with van der Waals surface area (Å²) in [6.45, 7) is 9.96. The Morgan fingerprint density at radius 1 is 1.36 bits per heavy atom. The third-order valence-electron chi connectivity index (χ3n) is 4.59. The topological polar surface area (TPSA) is 52.1 Å². The molecule has 0 saturated carbocycles. The van der Waals surface area contributed by atoms with E-state index < -0.39 is 0 Å². The molecule has 6 nitrogen and oxygen atoms in total. The number of aliphatic imine (C=N–C) groups is 1. The number of guanidine groups is 1. The molecule has 1 aromatic rings. The van der Waals surface area contributed by atoms with Crippen LogP contribution in [0.3, 0.4) is 0 Å². The number of nitrogens with zero attached hydrogens (tertiary/aromatic N) is 3. The molecular formula is C19H33N5O. The zero-order valence-corrected chi connectivity index (χ0v) is 16.1. The molecule has 2 N–H and O–H groups in total. The van der Waals surface area contributed by atoms with Crippen molar-refractivity contribution < 1.29 is 4.74 Å². The third-order valence-corrected chi connectivity index (χ3v) is 4.59. The normalized spacial score (nSPS) is 17.9. The lowest BCUT2D eigenvalue weighted by molar-refractivity contribution is 0.363. The van der Waals surface area contributed by atoms with Crippen molar-refractivity contribution in [2.24, 2.45) is 4.99 Å². The Hall–Kier alpha value is -1.95. The van der Waals surface area contributed by atoms with Crippen LogP contribution in [0.15, 0.2) is 29.3 Å². The van der Waals surface area contributed by atoms with E-state index in [0.717, 1.165) is 57.4 Å². The number of anilines is 1. The van der Waals surface area contributed by atoms with Crippen molar-refractivity contribution in [3.05, 3.63) is 24.3 Å². The molecule has 0 spiro atoms. The first-order valence-corrected chi connectivity index (χ1v) is 9.29. The van der Waals surface area contributed by atoms with Gasteiger partial charge in [-0.25, -0.2) is 0 Å². The lowest BCUT2D eigenvalue weighted by atomic mass is 10.2. The standard InChI is InChI=1S/C19H33N5O/c1-5-20-19(21-12-14-23(3)6-2)22-16-11-13-24(15-16)17-9-7-8-10-18(17)25-4/h7-10,16H,5-6,11-15H2,1-4H3,(H2,20,21,22). The Labute approximate surface area is 152 Å². The minimum atomic E-state index is 0.395. The van der Waals surface area contributed by atoms with E-state index in [0.29, 0.717) is 6.04 Å². The van der Waals surface area contributed by atoms with Gasteiger partial charge >= 0.3 is 0 Å². The molecule has 1 aromatic carbocycles. The maximum atomic E-state index is 5.50. The second kappa shape index (κ2) is 10.1. The van der Waals surface area contributed by atoms with Gasteiger partial charge in [-0.05, 0) is 39.1 Å². The predicted molar refractivity (Wildman–Crippen MR) is 106 cm³/mol. The zero-order valence-electron chi connectivity index (χ0n) is 16.1. The Bertz CT molecular complexity index is 548. The van der Waals surface area contributed by atoms with Gasteiger partial charge in [0.2, 0.25) is 0 Å². The highest BCUT2D eigenvalue weighted by Crippen LogP contribution is 2.30. The molecule has 0 aromatic heterocycles. The van der Waals surface area contributed by atoms with Gasteiger partial charge in [-0.1, -0.05) is 19.1 Å². The molecule has 25 heavy (non-hydrogen) atoms. The van der Waals surface area contributed by atoms with Crippen molar-refractivity contribution in [1.29, 1.82) is 0 Å². The molecule has 1 saturated heterocycles. The maximum absolute atomic E-state index is 5.50. The quantitative estimate of drug-likeness (QED) is 0.555. The fraction of sp³-hybridized carbons (Fsp3) is 0.632. The molecule has 1 aliphatic heterocycles. The highest BCUT2D eigenvalue weighted by atomic mass is 16.5. The first-order valence-electron chi connectivity index (χ1n) is 9.29. The third kappa shape index (κ3) is 5.81. The molecule has 140 valence electrons. The molecule has 0 amide bonds. The summed E-state index contributed by atoms with van der Waals surface area (Å²) in [5, 5.41) is 6.94. The molecule has 6 heteroatoms. The van der Waals surface area contributed by atoms with Crippen molar-refractivity contribution in [3.8, 4) is 5.75 Å². The van der Waals surface area contributed by atoms with E-state index in [1.165, 1.54) is 5.69 Å². The van der Waals surface area contributed by atoms with Crippen molar-refractivity contribution in [2.75, 3.05) is 58.3 Å². The number of nitrogens with one attached hydrogen (secondary N) is 2. The summed E-state index contributed by atoms with van der Waals surface area (Å²) in [5.74, 6) is 1.85. The fourth-order valence-electron chi connectivity index (χ4n) is 2.99. The van der Waals surface area contributed by atoms with Crippen molar-refractivity contribution >= 4 is 11.6 Å². The van der Waals surface area contributed by atoms with Gasteiger partial charge in [0.1, 0.15) is 5.75 Å². The van der Waals surface area contributed by atoms with Crippen molar-refractivity contribution in [1.82, 2.24) is 15.5 Å². The fourth-order valence-corrected chi connectivity index (χ4v) is 2.99. The molecule has 0 bridgehead atoms. The van der Waals surface area contributed by atoms with Crippen LogP contribution in [0.25, 0.3) is 0 Å². The Morgan fingerprint density at radius 2 is 2.16 bits per heavy atom. The van der Waals surface area contributed by atoms with E-state index in [4.69, 9.17) is 9.73 Å². The minimum absolute atomic E-state index is 0.395. The summed E-state index contributed by atoms with van der Waals surface area (Å²) in [5.41, 5.74) is 1.17. The van der Waals surface area contributed by atoms with Crippen molar-refractivity contribution in [2.45, 2.75) is 26.3 Å². The Balaban J connectivity index is 1.92. The number of likely N-dealkylation sites (N-methyl/N-ethyl adjacent to an activating group) is 1. The van der Waals surface area contributed by atoms with E-state index in [-0.39, 0.29) is 0 Å². The molecule has 1 unspecified atom stereocenters. The predicted octanol–water partition coefficient (Wildman–Crippen LogP) is 1.78. The monoisotopic (exact) mass is 347 g/mol. The van der Waals surface area contributed by atoms with Gasteiger partial charge in [-0.3, -0.25) is 4.99 Å². The van der Waals surface area contributed by atoms with E-state index in [9.17, 15) is 0 Å². The summed E-state index contributed by atoms with van der Waals surface area (Å²) in [6, 6.07) is 8.62. The average molecular weight is 348 g/mol. The van der Waals surface area contributed by atoms with E-state index >= 15 is 0 Å². The Morgan fingerprint density at radius 3 is 2.88 bits per heavy atom. The summed E-state index contributed by atoms with van der Waals surface area (Å²) < 4.78 is 5.50. The van der Waals surface area contributed by atoms with Gasteiger partial charge in [-0.15, -0.1) is 0 Å². The summed E-state index contributed by atoms with van der Waals surface area (Å²) >= 11 is 0. The maximum Gasteiger partial charge on any atom is 0.191 e. The first kappa shape index (κ1) is 19.4. The van der Waals surface area contributed by atoms with Crippen LogP contribution in [0.1, 0.15) is 20.3 Å². The van der Waals surface area contributed by atoms with E-state index in [2.05, 4.69) is 53.5 Å². The number of benzene rings is 1. The largest absolute Gasteiger partial charge is 0.495 e. The van der Waals surface area contributed by atoms with E-state index in [1.807, 2.05) is 12.1 Å².